The topological polar surface area (TPSA) is 77.1 Å². The Labute approximate surface area is 183 Å². The monoisotopic (exact) mass is 426 g/mol. The van der Waals surface area contributed by atoms with E-state index in [-0.39, 0.29) is 17.7 Å². The second-order valence-electron chi connectivity index (χ2n) is 8.66. The molecule has 7 heteroatoms. The molecule has 1 aliphatic rings. The van der Waals surface area contributed by atoms with Gasteiger partial charge in [-0.1, -0.05) is 19.9 Å². The lowest BCUT2D eigenvalue weighted by atomic mass is 9.92. The van der Waals surface area contributed by atoms with E-state index in [1.165, 1.54) is 14.2 Å². The number of methoxy groups -OCH3 is 2. The third-order valence-electron chi connectivity index (χ3n) is 5.12. The Morgan fingerprint density at radius 1 is 1.19 bits per heavy atom. The molecule has 0 spiro atoms. The SMILES string of the molecule is COc1cccc(C(=O)Nc2ccc3c(c2)N(CC(C)C)C(=O)C(C)(C)CO3)c1OC. The van der Waals surface area contributed by atoms with Gasteiger partial charge in [-0.3, -0.25) is 9.59 Å². The second kappa shape index (κ2) is 8.88. The number of rotatable bonds is 6. The van der Waals surface area contributed by atoms with Gasteiger partial charge >= 0.3 is 0 Å². The lowest BCUT2D eigenvalue weighted by Crippen LogP contribution is -2.43. The highest BCUT2D eigenvalue weighted by molar-refractivity contribution is 6.07. The largest absolute Gasteiger partial charge is 0.493 e. The minimum absolute atomic E-state index is 0.00195. The Morgan fingerprint density at radius 3 is 2.58 bits per heavy atom. The second-order valence-corrected chi connectivity index (χ2v) is 8.66. The van der Waals surface area contributed by atoms with Crippen LogP contribution >= 0.6 is 0 Å². The van der Waals surface area contributed by atoms with Crippen molar-refractivity contribution in [1.82, 2.24) is 0 Å². The van der Waals surface area contributed by atoms with Crippen LogP contribution in [0.5, 0.6) is 17.2 Å². The van der Waals surface area contributed by atoms with Crippen LogP contribution in [0.1, 0.15) is 38.1 Å². The van der Waals surface area contributed by atoms with Gasteiger partial charge in [0.25, 0.3) is 5.91 Å². The number of fused-ring (bicyclic) bond motifs is 1. The fourth-order valence-corrected chi connectivity index (χ4v) is 3.53. The molecule has 7 nitrogen and oxygen atoms in total. The molecular formula is C24H30N2O5. The van der Waals surface area contributed by atoms with Crippen LogP contribution in [0.25, 0.3) is 0 Å². The minimum Gasteiger partial charge on any atom is -0.493 e. The number of ether oxygens (including phenoxy) is 3. The highest BCUT2D eigenvalue weighted by Crippen LogP contribution is 2.39. The summed E-state index contributed by atoms with van der Waals surface area (Å²) in [5.74, 6) is 1.38. The van der Waals surface area contributed by atoms with Gasteiger partial charge in [-0.25, -0.2) is 0 Å². The van der Waals surface area contributed by atoms with Crippen LogP contribution in [0.2, 0.25) is 0 Å². The van der Waals surface area contributed by atoms with Gasteiger partial charge in [0.2, 0.25) is 5.91 Å². The average Bonchev–Trinajstić information content (AvgIpc) is 2.83. The Morgan fingerprint density at radius 2 is 1.94 bits per heavy atom. The smallest absolute Gasteiger partial charge is 0.259 e. The van der Waals surface area contributed by atoms with E-state index < -0.39 is 5.41 Å². The number of nitrogens with one attached hydrogen (secondary N) is 1. The van der Waals surface area contributed by atoms with Gasteiger partial charge in [-0.15, -0.1) is 0 Å². The lowest BCUT2D eigenvalue weighted by molar-refractivity contribution is -0.127. The van der Waals surface area contributed by atoms with E-state index in [1.807, 2.05) is 13.8 Å². The molecule has 2 aromatic carbocycles. The average molecular weight is 427 g/mol. The first-order valence-corrected chi connectivity index (χ1v) is 10.3. The molecule has 0 saturated heterocycles. The predicted molar refractivity (Wildman–Crippen MR) is 120 cm³/mol. The third kappa shape index (κ3) is 4.60. The van der Waals surface area contributed by atoms with Crippen LogP contribution in [0.15, 0.2) is 36.4 Å². The summed E-state index contributed by atoms with van der Waals surface area (Å²) in [6.45, 7) is 8.73. The van der Waals surface area contributed by atoms with Crippen molar-refractivity contribution in [2.75, 3.05) is 37.6 Å². The van der Waals surface area contributed by atoms with Crippen molar-refractivity contribution in [3.63, 3.8) is 0 Å². The maximum atomic E-state index is 13.2. The van der Waals surface area contributed by atoms with Crippen molar-refractivity contribution < 1.29 is 23.8 Å². The first-order chi connectivity index (χ1) is 14.7. The zero-order chi connectivity index (χ0) is 22.8. The van der Waals surface area contributed by atoms with Crippen LogP contribution in [-0.2, 0) is 4.79 Å². The van der Waals surface area contributed by atoms with Crippen molar-refractivity contribution >= 4 is 23.2 Å². The van der Waals surface area contributed by atoms with Gasteiger partial charge in [0.05, 0.1) is 30.9 Å². The van der Waals surface area contributed by atoms with E-state index in [2.05, 4.69) is 19.2 Å². The fourth-order valence-electron chi connectivity index (χ4n) is 3.53. The zero-order valence-corrected chi connectivity index (χ0v) is 18.9. The number of amides is 2. The molecule has 0 unspecified atom stereocenters. The molecule has 31 heavy (non-hydrogen) atoms. The molecule has 2 amide bonds. The third-order valence-corrected chi connectivity index (χ3v) is 5.12. The summed E-state index contributed by atoms with van der Waals surface area (Å²) in [5, 5.41) is 2.90. The minimum atomic E-state index is -0.648. The Kier molecular flexibility index (Phi) is 6.43. The number of hydrogen-bond donors (Lipinski definition) is 1. The van der Waals surface area contributed by atoms with E-state index in [0.29, 0.717) is 47.3 Å². The molecule has 1 N–H and O–H groups in total. The number of carbonyl (C=O) groups is 2. The molecule has 0 atom stereocenters. The van der Waals surface area contributed by atoms with Gasteiger partial charge in [0, 0.05) is 12.2 Å². The maximum absolute atomic E-state index is 13.2. The molecule has 0 aromatic heterocycles. The molecule has 2 aromatic rings. The summed E-state index contributed by atoms with van der Waals surface area (Å²) in [6, 6.07) is 10.5. The molecule has 3 rings (SSSR count). The highest BCUT2D eigenvalue weighted by Gasteiger charge is 2.38. The summed E-state index contributed by atoms with van der Waals surface area (Å²) in [5.41, 5.74) is 0.910. The summed E-state index contributed by atoms with van der Waals surface area (Å²) < 4.78 is 16.6. The summed E-state index contributed by atoms with van der Waals surface area (Å²) in [6.07, 6.45) is 0. The van der Waals surface area contributed by atoms with Crippen molar-refractivity contribution in [3.8, 4) is 17.2 Å². The molecule has 166 valence electrons. The number of carbonyl (C=O) groups excluding carboxylic acids is 2. The van der Waals surface area contributed by atoms with Crippen molar-refractivity contribution in [3.05, 3.63) is 42.0 Å². The van der Waals surface area contributed by atoms with Gasteiger partial charge in [-0.05, 0) is 50.1 Å². The summed E-state index contributed by atoms with van der Waals surface area (Å²) >= 11 is 0. The Balaban J connectivity index is 1.96. The summed E-state index contributed by atoms with van der Waals surface area (Å²) in [7, 11) is 3.01. The Bertz CT molecular complexity index is 984. The lowest BCUT2D eigenvalue weighted by Gasteiger charge is -2.29. The molecule has 0 saturated carbocycles. The number of benzene rings is 2. The fraction of sp³-hybridized carbons (Fsp3) is 0.417. The molecular weight excluding hydrogens is 396 g/mol. The van der Waals surface area contributed by atoms with Crippen molar-refractivity contribution in [1.29, 1.82) is 0 Å². The van der Waals surface area contributed by atoms with Gasteiger partial charge in [0.1, 0.15) is 12.4 Å². The van der Waals surface area contributed by atoms with Crippen molar-refractivity contribution in [2.24, 2.45) is 11.3 Å². The normalized spacial score (nSPS) is 15.1. The number of para-hydroxylation sites is 1. The van der Waals surface area contributed by atoms with Crippen LogP contribution < -0.4 is 24.4 Å². The molecule has 0 fully saturated rings. The first-order valence-electron chi connectivity index (χ1n) is 10.3. The zero-order valence-electron chi connectivity index (χ0n) is 18.9. The van der Waals surface area contributed by atoms with Crippen LogP contribution in [0.4, 0.5) is 11.4 Å². The quantitative estimate of drug-likeness (QED) is 0.743. The van der Waals surface area contributed by atoms with Gasteiger partial charge in [0.15, 0.2) is 11.5 Å². The molecule has 0 bridgehead atoms. The van der Waals surface area contributed by atoms with E-state index in [4.69, 9.17) is 14.2 Å². The Hall–Kier alpha value is -3.22. The van der Waals surface area contributed by atoms with E-state index in [0.717, 1.165) is 0 Å². The van der Waals surface area contributed by atoms with Crippen LogP contribution in [-0.4, -0.2) is 39.2 Å². The maximum Gasteiger partial charge on any atom is 0.259 e. The number of anilines is 2. The van der Waals surface area contributed by atoms with E-state index in [9.17, 15) is 9.59 Å². The molecule has 0 radical (unpaired) electrons. The molecule has 1 aliphatic heterocycles. The van der Waals surface area contributed by atoms with Crippen LogP contribution in [0.3, 0.4) is 0 Å². The highest BCUT2D eigenvalue weighted by atomic mass is 16.5. The van der Waals surface area contributed by atoms with E-state index in [1.54, 1.807) is 41.3 Å². The van der Waals surface area contributed by atoms with Crippen LogP contribution in [0, 0.1) is 11.3 Å². The molecule has 0 aliphatic carbocycles. The molecule has 1 heterocycles. The van der Waals surface area contributed by atoms with E-state index >= 15 is 0 Å². The summed E-state index contributed by atoms with van der Waals surface area (Å²) in [4.78, 5) is 27.9. The van der Waals surface area contributed by atoms with Crippen molar-refractivity contribution in [2.45, 2.75) is 27.7 Å². The first kappa shape index (κ1) is 22.5. The predicted octanol–water partition coefficient (Wildman–Crippen LogP) is 4.36. The number of hydrogen-bond acceptors (Lipinski definition) is 5. The standard InChI is InChI=1S/C24H30N2O5/c1-15(2)13-26-18-12-16(10-11-19(18)31-14-24(3,4)23(26)28)25-22(27)17-8-7-9-20(29-5)21(17)30-6/h7-12,15H,13-14H2,1-6H3,(H,25,27). The number of nitrogens with zero attached hydrogens (tertiary/aromatic N) is 1. The van der Waals surface area contributed by atoms with Gasteiger partial charge in [-0.2, -0.15) is 0 Å². The van der Waals surface area contributed by atoms with Gasteiger partial charge < -0.3 is 24.4 Å².